The Morgan fingerprint density at radius 2 is 1.67 bits per heavy atom. The summed E-state index contributed by atoms with van der Waals surface area (Å²) in [6.07, 6.45) is 0. The van der Waals surface area contributed by atoms with E-state index in [1.54, 1.807) is 41.9 Å². The van der Waals surface area contributed by atoms with Crippen molar-refractivity contribution >= 4 is 46.5 Å². The molecule has 0 fully saturated rings. The molecule has 2 aromatic carbocycles. The lowest BCUT2D eigenvalue weighted by Crippen LogP contribution is -2.34. The summed E-state index contributed by atoms with van der Waals surface area (Å²) in [7, 11) is 0. The van der Waals surface area contributed by atoms with Gasteiger partial charge >= 0.3 is 0 Å². The summed E-state index contributed by atoms with van der Waals surface area (Å²) in [5.41, 5.74) is 2.57. The first-order valence-electron chi connectivity index (χ1n) is 9.32. The molecule has 0 aliphatic carbocycles. The van der Waals surface area contributed by atoms with Gasteiger partial charge in [0.25, 0.3) is 11.7 Å². The fourth-order valence-electron chi connectivity index (χ4n) is 2.97. The van der Waals surface area contributed by atoms with E-state index >= 15 is 0 Å². The van der Waals surface area contributed by atoms with Gasteiger partial charge in [-0.05, 0) is 43.2 Å². The zero-order valence-electron chi connectivity index (χ0n) is 16.7. The van der Waals surface area contributed by atoms with Crippen LogP contribution in [0.1, 0.15) is 29.9 Å². The predicted molar refractivity (Wildman–Crippen MR) is 121 cm³/mol. The van der Waals surface area contributed by atoms with Crippen LogP contribution < -0.4 is 5.32 Å². The highest BCUT2D eigenvalue weighted by Gasteiger charge is 2.27. The van der Waals surface area contributed by atoms with Crippen molar-refractivity contribution < 1.29 is 9.59 Å². The van der Waals surface area contributed by atoms with Crippen LogP contribution in [0.25, 0.3) is 16.9 Å². The smallest absolute Gasteiger partial charge is 0.294 e. The molecule has 0 aliphatic rings. The monoisotopic (exact) mass is 463 g/mol. The summed E-state index contributed by atoms with van der Waals surface area (Å²) in [5.74, 6) is -1.17. The molecule has 3 rings (SSSR count). The van der Waals surface area contributed by atoms with Gasteiger partial charge in [-0.1, -0.05) is 60.8 Å². The van der Waals surface area contributed by atoms with E-state index in [2.05, 4.69) is 10.4 Å². The maximum absolute atomic E-state index is 12.8. The van der Waals surface area contributed by atoms with E-state index < -0.39 is 11.7 Å². The van der Waals surface area contributed by atoms with E-state index in [0.717, 1.165) is 5.56 Å². The van der Waals surface area contributed by atoms with Crippen molar-refractivity contribution in [1.29, 1.82) is 0 Å². The maximum atomic E-state index is 12.8. The van der Waals surface area contributed by atoms with Crippen LogP contribution in [0.2, 0.25) is 15.1 Å². The number of carbonyl (C=O) groups is 2. The average Bonchev–Trinajstić information content (AvgIpc) is 3.03. The van der Waals surface area contributed by atoms with Crippen LogP contribution in [0.3, 0.4) is 0 Å². The quantitative estimate of drug-likeness (QED) is 0.372. The number of nitrogens with zero attached hydrogens (tertiary/aromatic N) is 2. The first kappa shape index (κ1) is 22.3. The van der Waals surface area contributed by atoms with Crippen LogP contribution in [-0.2, 0) is 4.79 Å². The minimum absolute atomic E-state index is 0.0622. The van der Waals surface area contributed by atoms with Crippen LogP contribution >= 0.6 is 34.8 Å². The summed E-state index contributed by atoms with van der Waals surface area (Å²) < 4.78 is 1.56. The number of benzene rings is 2. The summed E-state index contributed by atoms with van der Waals surface area (Å²) in [6.45, 7) is 6.05. The minimum atomic E-state index is -0.702. The fourth-order valence-corrected chi connectivity index (χ4v) is 3.58. The van der Waals surface area contributed by atoms with E-state index in [1.165, 1.54) is 0 Å². The molecule has 1 N–H and O–H groups in total. The third kappa shape index (κ3) is 4.69. The van der Waals surface area contributed by atoms with Crippen LogP contribution in [0.15, 0.2) is 42.5 Å². The third-order valence-electron chi connectivity index (χ3n) is 4.47. The molecule has 0 radical (unpaired) electrons. The van der Waals surface area contributed by atoms with Crippen molar-refractivity contribution in [2.75, 3.05) is 6.54 Å². The van der Waals surface area contributed by atoms with Gasteiger partial charge < -0.3 is 5.32 Å². The van der Waals surface area contributed by atoms with Crippen molar-refractivity contribution in [2.24, 2.45) is 5.92 Å². The molecule has 30 heavy (non-hydrogen) atoms. The van der Waals surface area contributed by atoms with Crippen molar-refractivity contribution in [3.05, 3.63) is 68.8 Å². The van der Waals surface area contributed by atoms with Crippen molar-refractivity contribution in [1.82, 2.24) is 15.1 Å². The Kier molecular flexibility index (Phi) is 6.86. The van der Waals surface area contributed by atoms with Gasteiger partial charge in [0.2, 0.25) is 0 Å². The van der Waals surface area contributed by atoms with Crippen molar-refractivity contribution in [3.8, 4) is 16.9 Å². The van der Waals surface area contributed by atoms with E-state index in [0.29, 0.717) is 38.6 Å². The Balaban J connectivity index is 2.15. The Hall–Kier alpha value is -2.34. The predicted octanol–water partition coefficient (Wildman–Crippen LogP) is 5.76. The van der Waals surface area contributed by atoms with Gasteiger partial charge in [0.05, 0.1) is 16.4 Å². The number of hydrogen-bond acceptors (Lipinski definition) is 3. The molecule has 0 saturated carbocycles. The van der Waals surface area contributed by atoms with Crippen LogP contribution in [0.4, 0.5) is 0 Å². The molecular formula is C22H20Cl3N3O2. The number of carbonyl (C=O) groups excluding carboxylic acids is 2. The molecule has 1 aromatic heterocycles. The number of rotatable bonds is 6. The highest BCUT2D eigenvalue weighted by atomic mass is 35.5. The number of hydrogen-bond donors (Lipinski definition) is 1. The molecule has 0 bridgehead atoms. The molecule has 0 saturated heterocycles. The first-order valence-corrected chi connectivity index (χ1v) is 10.5. The summed E-state index contributed by atoms with van der Waals surface area (Å²) in [5, 5.41) is 8.53. The minimum Gasteiger partial charge on any atom is -0.349 e. The average molecular weight is 465 g/mol. The zero-order chi connectivity index (χ0) is 22.0. The van der Waals surface area contributed by atoms with Gasteiger partial charge in [-0.2, -0.15) is 5.10 Å². The second kappa shape index (κ2) is 9.21. The topological polar surface area (TPSA) is 64.0 Å². The van der Waals surface area contributed by atoms with Gasteiger partial charge in [-0.25, -0.2) is 4.68 Å². The van der Waals surface area contributed by atoms with Crippen molar-refractivity contribution in [3.63, 3.8) is 0 Å². The third-order valence-corrected chi connectivity index (χ3v) is 5.26. The number of ketones is 1. The Labute approximate surface area is 189 Å². The summed E-state index contributed by atoms with van der Waals surface area (Å²) in [4.78, 5) is 25.2. The maximum Gasteiger partial charge on any atom is 0.294 e. The lowest BCUT2D eigenvalue weighted by molar-refractivity contribution is -0.117. The highest BCUT2D eigenvalue weighted by Crippen LogP contribution is 2.33. The van der Waals surface area contributed by atoms with Gasteiger partial charge in [0.1, 0.15) is 5.69 Å². The molecule has 1 amide bonds. The number of nitrogens with one attached hydrogen (secondary N) is 1. The van der Waals surface area contributed by atoms with Crippen LogP contribution in [0, 0.1) is 12.8 Å². The van der Waals surface area contributed by atoms with E-state index in [4.69, 9.17) is 34.8 Å². The van der Waals surface area contributed by atoms with Gasteiger partial charge in [0, 0.05) is 27.7 Å². The van der Waals surface area contributed by atoms with Crippen molar-refractivity contribution in [2.45, 2.75) is 20.8 Å². The number of amides is 1. The van der Waals surface area contributed by atoms with Gasteiger partial charge in [-0.15, -0.1) is 0 Å². The molecule has 0 atom stereocenters. The first-order chi connectivity index (χ1) is 14.2. The molecule has 0 unspecified atom stereocenters. The Morgan fingerprint density at radius 1 is 1.03 bits per heavy atom. The van der Waals surface area contributed by atoms with E-state index in [-0.39, 0.29) is 11.6 Å². The highest BCUT2D eigenvalue weighted by molar-refractivity contribution is 6.42. The normalized spacial score (nSPS) is 11.0. The number of aromatic nitrogens is 2. The molecular weight excluding hydrogens is 445 g/mol. The lowest BCUT2D eigenvalue weighted by Gasteiger charge is -2.11. The van der Waals surface area contributed by atoms with Crippen LogP contribution in [0.5, 0.6) is 0 Å². The summed E-state index contributed by atoms with van der Waals surface area (Å²) >= 11 is 18.5. The number of halogens is 3. The molecule has 0 spiro atoms. The molecule has 5 nitrogen and oxygen atoms in total. The molecule has 156 valence electrons. The second-order valence-electron chi connectivity index (χ2n) is 7.27. The zero-order valence-corrected chi connectivity index (χ0v) is 18.9. The largest absolute Gasteiger partial charge is 0.349 e. The Bertz CT molecular complexity index is 1110. The standard InChI is InChI=1S/C22H20Cl3N3O2/c1-12(2)11-26-22(30)21(29)19-13(3)20(14-4-6-15(23)7-5-14)28(27-19)18-9-8-16(24)10-17(18)25/h4-10,12H,11H2,1-3H3,(H,26,30). The molecule has 8 heteroatoms. The van der Waals surface area contributed by atoms with Gasteiger partial charge in [-0.3, -0.25) is 9.59 Å². The fraction of sp³-hybridized carbons (Fsp3) is 0.227. The molecule has 1 heterocycles. The molecule has 0 aliphatic heterocycles. The van der Waals surface area contributed by atoms with Gasteiger partial charge in [0.15, 0.2) is 0 Å². The molecule has 3 aromatic rings. The second-order valence-corrected chi connectivity index (χ2v) is 8.55. The van der Waals surface area contributed by atoms with E-state index in [9.17, 15) is 9.59 Å². The summed E-state index contributed by atoms with van der Waals surface area (Å²) in [6, 6.07) is 12.1. The Morgan fingerprint density at radius 3 is 2.27 bits per heavy atom. The lowest BCUT2D eigenvalue weighted by atomic mass is 10.0. The van der Waals surface area contributed by atoms with E-state index in [1.807, 2.05) is 26.0 Å². The SMILES string of the molecule is Cc1c(C(=O)C(=O)NCC(C)C)nn(-c2ccc(Cl)cc2Cl)c1-c1ccc(Cl)cc1. The number of Topliss-reactive ketones (excluding diaryl/α,β-unsaturated/α-hetero) is 1. The van der Waals surface area contributed by atoms with Crippen LogP contribution in [-0.4, -0.2) is 28.0 Å².